The van der Waals surface area contributed by atoms with Crippen LogP contribution in [0, 0.1) is 0 Å². The van der Waals surface area contributed by atoms with Crippen molar-refractivity contribution in [2.24, 2.45) is 0 Å². The molecule has 3 aromatic rings. The molecule has 3 heterocycles. The molecule has 2 aromatic heterocycles. The highest BCUT2D eigenvalue weighted by Gasteiger charge is 2.35. The van der Waals surface area contributed by atoms with E-state index in [1.165, 1.54) is 10.9 Å². The van der Waals surface area contributed by atoms with Gasteiger partial charge in [-0.15, -0.1) is 0 Å². The van der Waals surface area contributed by atoms with Crippen molar-refractivity contribution in [3.63, 3.8) is 0 Å². The Morgan fingerprint density at radius 3 is 2.90 bits per heavy atom. The molecule has 0 unspecified atom stereocenters. The first kappa shape index (κ1) is 19.1. The van der Waals surface area contributed by atoms with E-state index in [0.29, 0.717) is 5.75 Å². The Hall–Kier alpha value is -3.28. The van der Waals surface area contributed by atoms with Gasteiger partial charge in [-0.1, -0.05) is 18.2 Å². The van der Waals surface area contributed by atoms with Gasteiger partial charge in [0, 0.05) is 6.42 Å². The second-order valence-electron chi connectivity index (χ2n) is 6.50. The number of imidazole rings is 1. The average Bonchev–Trinajstić information content (AvgIpc) is 3.30. The largest absolute Gasteiger partial charge is 0.484 e. The van der Waals surface area contributed by atoms with Crippen LogP contribution >= 0.6 is 0 Å². The van der Waals surface area contributed by atoms with Crippen LogP contribution in [0.4, 0.5) is 5.95 Å². The summed E-state index contributed by atoms with van der Waals surface area (Å²) in [6.07, 6.45) is -0.648. The van der Waals surface area contributed by atoms with E-state index in [4.69, 9.17) is 9.47 Å². The molecule has 0 bridgehead atoms. The lowest BCUT2D eigenvalue weighted by Crippen LogP contribution is -2.24. The van der Waals surface area contributed by atoms with Gasteiger partial charge in [0.2, 0.25) is 5.95 Å². The van der Waals surface area contributed by atoms with E-state index in [0.717, 1.165) is 0 Å². The highest BCUT2D eigenvalue weighted by Crippen LogP contribution is 2.30. The third-order valence-electron chi connectivity index (χ3n) is 4.50. The number of benzene rings is 1. The van der Waals surface area contributed by atoms with Gasteiger partial charge in [-0.25, -0.2) is 4.98 Å². The second kappa shape index (κ2) is 7.99. The number of carbonyl (C=O) groups excluding carboxylic acids is 1. The van der Waals surface area contributed by atoms with Gasteiger partial charge in [0.05, 0.1) is 19.0 Å². The number of para-hydroxylation sites is 1. The van der Waals surface area contributed by atoms with Crippen LogP contribution in [0.15, 0.2) is 41.5 Å². The van der Waals surface area contributed by atoms with Crippen LogP contribution in [-0.4, -0.2) is 61.1 Å². The molecule has 11 heteroatoms. The van der Waals surface area contributed by atoms with Crippen LogP contribution in [0.2, 0.25) is 0 Å². The molecule has 1 aromatic carbocycles. The number of ether oxygens (including phenoxy) is 2. The third-order valence-corrected chi connectivity index (χ3v) is 4.50. The Labute approximate surface area is 163 Å². The first-order valence-electron chi connectivity index (χ1n) is 8.94. The molecule has 0 radical (unpaired) electrons. The first-order valence-corrected chi connectivity index (χ1v) is 8.94. The summed E-state index contributed by atoms with van der Waals surface area (Å²) in [6.45, 7) is -0.595. The number of nitrogens with one attached hydrogen (secondary N) is 2. The second-order valence-corrected chi connectivity index (χ2v) is 6.50. The number of nitrogens with zero attached hydrogens (tertiary/aromatic N) is 3. The molecule has 3 atom stereocenters. The van der Waals surface area contributed by atoms with E-state index < -0.39 is 29.9 Å². The lowest BCUT2D eigenvalue weighted by atomic mass is 10.2. The summed E-state index contributed by atoms with van der Waals surface area (Å²) in [4.78, 5) is 35.1. The van der Waals surface area contributed by atoms with E-state index in [9.17, 15) is 19.8 Å². The van der Waals surface area contributed by atoms with Crippen LogP contribution < -0.4 is 15.6 Å². The molecular formula is C18H19N5O6. The number of aliphatic hydroxyl groups is 2. The number of amides is 1. The van der Waals surface area contributed by atoms with Crippen LogP contribution in [0.5, 0.6) is 5.75 Å². The molecular weight excluding hydrogens is 382 g/mol. The molecule has 1 fully saturated rings. The number of hydrogen-bond acceptors (Lipinski definition) is 8. The fourth-order valence-electron chi connectivity index (χ4n) is 3.08. The lowest BCUT2D eigenvalue weighted by molar-refractivity contribution is -0.118. The van der Waals surface area contributed by atoms with E-state index in [1.54, 1.807) is 24.3 Å². The smallest absolute Gasteiger partial charge is 0.280 e. The number of carbonyl (C=O) groups is 1. The highest BCUT2D eigenvalue weighted by molar-refractivity contribution is 5.90. The Balaban J connectivity index is 1.52. The summed E-state index contributed by atoms with van der Waals surface area (Å²) in [6, 6.07) is 8.83. The minimum absolute atomic E-state index is 0.0640. The van der Waals surface area contributed by atoms with Crippen LogP contribution in [0.3, 0.4) is 0 Å². The molecule has 152 valence electrons. The third kappa shape index (κ3) is 3.97. The van der Waals surface area contributed by atoms with Crippen molar-refractivity contribution in [1.29, 1.82) is 0 Å². The van der Waals surface area contributed by atoms with Gasteiger partial charge in [-0.05, 0) is 12.1 Å². The van der Waals surface area contributed by atoms with Crippen molar-refractivity contribution in [2.75, 3.05) is 18.5 Å². The molecule has 1 saturated heterocycles. The minimum Gasteiger partial charge on any atom is -0.484 e. The maximum atomic E-state index is 12.3. The average molecular weight is 401 g/mol. The van der Waals surface area contributed by atoms with Crippen molar-refractivity contribution >= 4 is 23.0 Å². The molecule has 0 spiro atoms. The Morgan fingerprint density at radius 1 is 1.38 bits per heavy atom. The monoisotopic (exact) mass is 401 g/mol. The van der Waals surface area contributed by atoms with Crippen molar-refractivity contribution in [3.05, 3.63) is 47.0 Å². The van der Waals surface area contributed by atoms with Crippen molar-refractivity contribution < 1.29 is 24.5 Å². The number of rotatable bonds is 6. The van der Waals surface area contributed by atoms with Gasteiger partial charge < -0.3 is 19.7 Å². The maximum Gasteiger partial charge on any atom is 0.280 e. The predicted molar refractivity (Wildman–Crippen MR) is 100 cm³/mol. The zero-order chi connectivity index (χ0) is 20.4. The van der Waals surface area contributed by atoms with Crippen LogP contribution in [0.1, 0.15) is 12.6 Å². The van der Waals surface area contributed by atoms with Crippen LogP contribution in [0.25, 0.3) is 11.2 Å². The summed E-state index contributed by atoms with van der Waals surface area (Å²) in [5, 5.41) is 21.7. The first-order chi connectivity index (χ1) is 14.0. The fraction of sp³-hybridized carbons (Fsp3) is 0.333. The number of hydrogen-bond donors (Lipinski definition) is 4. The van der Waals surface area contributed by atoms with E-state index in [1.807, 2.05) is 6.07 Å². The molecule has 29 heavy (non-hydrogen) atoms. The molecule has 0 aliphatic carbocycles. The predicted octanol–water partition coefficient (Wildman–Crippen LogP) is -0.222. The Morgan fingerprint density at radius 2 is 2.17 bits per heavy atom. The van der Waals surface area contributed by atoms with Gasteiger partial charge in [0.1, 0.15) is 18.1 Å². The van der Waals surface area contributed by atoms with Gasteiger partial charge in [0.15, 0.2) is 17.8 Å². The summed E-state index contributed by atoms with van der Waals surface area (Å²) in [7, 11) is 0. The summed E-state index contributed by atoms with van der Waals surface area (Å²) >= 11 is 0. The van der Waals surface area contributed by atoms with E-state index >= 15 is 0 Å². The highest BCUT2D eigenvalue weighted by atomic mass is 16.5. The molecule has 1 aliphatic heterocycles. The summed E-state index contributed by atoms with van der Waals surface area (Å²) in [5.41, 5.74) is -0.289. The van der Waals surface area contributed by atoms with Gasteiger partial charge in [0.25, 0.3) is 11.5 Å². The number of H-pyrrole nitrogens is 1. The topological polar surface area (TPSA) is 152 Å². The standard InChI is InChI=1S/C18H19N5O6/c24-7-12-11(25)6-14(29-12)23-9-19-15-16(23)21-18(22-17(15)27)20-13(26)8-28-10-4-2-1-3-5-10/h1-5,9,11-12,14,24-25H,6-8H2,(H2,20,21,22,26,27)/t11-,12+,14+/m1/s1. The van der Waals surface area contributed by atoms with Gasteiger partial charge in [-0.3, -0.25) is 24.5 Å². The molecule has 1 aliphatic rings. The van der Waals surface area contributed by atoms with Gasteiger partial charge >= 0.3 is 0 Å². The quantitative estimate of drug-likeness (QED) is 0.442. The minimum atomic E-state index is -0.848. The number of aromatic nitrogens is 4. The number of aliphatic hydroxyl groups excluding tert-OH is 2. The molecule has 0 saturated carbocycles. The number of anilines is 1. The van der Waals surface area contributed by atoms with Crippen molar-refractivity contribution in [3.8, 4) is 5.75 Å². The normalized spacial score (nSPS) is 21.4. The van der Waals surface area contributed by atoms with Gasteiger partial charge in [-0.2, -0.15) is 4.98 Å². The Kier molecular flexibility index (Phi) is 5.25. The molecule has 1 amide bonds. The van der Waals surface area contributed by atoms with Crippen molar-refractivity contribution in [1.82, 2.24) is 19.5 Å². The molecule has 11 nitrogen and oxygen atoms in total. The molecule has 4 rings (SSSR count). The van der Waals surface area contributed by atoms with E-state index in [2.05, 4.69) is 20.3 Å². The SMILES string of the molecule is O=C(COc1ccccc1)Nc1nc2c(ncn2[C@@H]2C[C@@H](O)[C@H](CO)O2)c(=O)[nH]1. The van der Waals surface area contributed by atoms with Crippen molar-refractivity contribution in [2.45, 2.75) is 24.9 Å². The maximum absolute atomic E-state index is 12.3. The lowest BCUT2D eigenvalue weighted by Gasteiger charge is -2.14. The zero-order valence-electron chi connectivity index (χ0n) is 15.2. The number of aromatic amines is 1. The summed E-state index contributed by atoms with van der Waals surface area (Å²) < 4.78 is 12.4. The molecule has 4 N–H and O–H groups in total. The zero-order valence-corrected chi connectivity index (χ0v) is 15.2. The summed E-state index contributed by atoms with van der Waals surface area (Å²) in [5.74, 6) is -0.0357. The van der Waals surface area contributed by atoms with E-state index in [-0.39, 0.29) is 36.7 Å². The number of fused-ring (bicyclic) bond motifs is 1. The van der Waals surface area contributed by atoms with Crippen LogP contribution in [-0.2, 0) is 9.53 Å². The Bertz CT molecular complexity index is 1070. The fourth-order valence-corrected chi connectivity index (χ4v) is 3.08.